The second kappa shape index (κ2) is 9.96. The Kier molecular flexibility index (Phi) is 7.04. The van der Waals surface area contributed by atoms with Crippen LogP contribution in [0, 0.1) is 20.8 Å². The van der Waals surface area contributed by atoms with Gasteiger partial charge in [0.1, 0.15) is 34.5 Å². The minimum absolute atomic E-state index is 0.637. The van der Waals surface area contributed by atoms with E-state index in [1.54, 1.807) is 36.4 Å². The van der Waals surface area contributed by atoms with E-state index in [0.717, 1.165) is 16.7 Å². The van der Waals surface area contributed by atoms with Crippen LogP contribution in [-0.4, -0.2) is 0 Å². The maximum Gasteiger partial charge on any atom is 0.140 e. The van der Waals surface area contributed by atoms with E-state index in [9.17, 15) is 0 Å². The van der Waals surface area contributed by atoms with Gasteiger partial charge < -0.3 is 14.2 Å². The van der Waals surface area contributed by atoms with Crippen LogP contribution in [-0.2, 0) is 0 Å². The Morgan fingerprint density at radius 1 is 0.394 bits per heavy atom. The second-order valence-corrected chi connectivity index (χ2v) is 8.84. The molecular formula is C27H21Cl3O3. The summed E-state index contributed by atoms with van der Waals surface area (Å²) in [6, 6.07) is 21.6. The van der Waals surface area contributed by atoms with Gasteiger partial charge in [0, 0.05) is 31.8 Å². The zero-order valence-electron chi connectivity index (χ0n) is 18.3. The van der Waals surface area contributed by atoms with Gasteiger partial charge in [-0.1, -0.05) is 34.8 Å². The molecule has 0 aliphatic carbocycles. The van der Waals surface area contributed by atoms with Crippen LogP contribution in [0.25, 0.3) is 0 Å². The molecule has 0 aliphatic rings. The first-order valence-corrected chi connectivity index (χ1v) is 11.4. The first kappa shape index (κ1) is 23.3. The Morgan fingerprint density at radius 3 is 0.818 bits per heavy atom. The first-order valence-electron chi connectivity index (χ1n) is 10.3. The van der Waals surface area contributed by atoms with Gasteiger partial charge in [-0.05, 0) is 93.6 Å². The summed E-state index contributed by atoms with van der Waals surface area (Å²) in [6.45, 7) is 5.88. The minimum atomic E-state index is 0.637. The normalized spacial score (nSPS) is 10.7. The SMILES string of the molecule is Cc1c(Oc2ccc(Cl)cc2)c(C)c(Oc2ccc(Cl)cc2)c(C)c1Oc1ccc(Cl)cc1. The quantitative estimate of drug-likeness (QED) is 0.264. The highest BCUT2D eigenvalue weighted by atomic mass is 35.5. The smallest absolute Gasteiger partial charge is 0.140 e. The highest BCUT2D eigenvalue weighted by Gasteiger charge is 2.22. The highest BCUT2D eigenvalue weighted by molar-refractivity contribution is 6.31. The van der Waals surface area contributed by atoms with Gasteiger partial charge >= 0.3 is 0 Å². The zero-order chi connectivity index (χ0) is 23.5. The van der Waals surface area contributed by atoms with E-state index < -0.39 is 0 Å². The molecule has 33 heavy (non-hydrogen) atoms. The maximum absolute atomic E-state index is 6.28. The predicted molar refractivity (Wildman–Crippen MR) is 135 cm³/mol. The van der Waals surface area contributed by atoms with E-state index in [4.69, 9.17) is 49.0 Å². The molecule has 0 radical (unpaired) electrons. The first-order chi connectivity index (χ1) is 15.8. The van der Waals surface area contributed by atoms with Crippen LogP contribution >= 0.6 is 34.8 Å². The van der Waals surface area contributed by atoms with Gasteiger partial charge in [0.15, 0.2) is 0 Å². The number of benzene rings is 4. The van der Waals surface area contributed by atoms with E-state index >= 15 is 0 Å². The average Bonchev–Trinajstić information content (AvgIpc) is 2.81. The van der Waals surface area contributed by atoms with E-state index in [-0.39, 0.29) is 0 Å². The van der Waals surface area contributed by atoms with Gasteiger partial charge in [0.25, 0.3) is 0 Å². The number of ether oxygens (including phenoxy) is 3. The molecule has 0 fully saturated rings. The van der Waals surface area contributed by atoms with E-state index in [2.05, 4.69) is 0 Å². The molecular weight excluding hydrogens is 479 g/mol. The van der Waals surface area contributed by atoms with Gasteiger partial charge in [-0.2, -0.15) is 0 Å². The Bertz CT molecular complexity index is 1080. The molecule has 0 spiro atoms. The zero-order valence-corrected chi connectivity index (χ0v) is 20.6. The Labute approximate surface area is 208 Å². The molecule has 168 valence electrons. The van der Waals surface area contributed by atoms with Crippen molar-refractivity contribution in [3.63, 3.8) is 0 Å². The number of halogens is 3. The number of rotatable bonds is 6. The molecule has 0 unspecified atom stereocenters. The molecule has 0 saturated heterocycles. The monoisotopic (exact) mass is 498 g/mol. The molecule has 0 aromatic heterocycles. The van der Waals surface area contributed by atoms with Gasteiger partial charge in [0.2, 0.25) is 0 Å². The lowest BCUT2D eigenvalue weighted by Crippen LogP contribution is -2.01. The maximum atomic E-state index is 6.28. The van der Waals surface area contributed by atoms with Crippen molar-refractivity contribution in [1.29, 1.82) is 0 Å². The Morgan fingerprint density at radius 2 is 0.606 bits per heavy atom. The second-order valence-electron chi connectivity index (χ2n) is 7.53. The lowest BCUT2D eigenvalue weighted by atomic mass is 10.0. The van der Waals surface area contributed by atoms with Crippen LogP contribution in [0.2, 0.25) is 15.1 Å². The van der Waals surface area contributed by atoms with Crippen molar-refractivity contribution in [2.24, 2.45) is 0 Å². The van der Waals surface area contributed by atoms with Crippen molar-refractivity contribution in [2.75, 3.05) is 0 Å². The highest BCUT2D eigenvalue weighted by Crippen LogP contribution is 2.47. The number of hydrogen-bond donors (Lipinski definition) is 0. The van der Waals surface area contributed by atoms with E-state index in [1.807, 2.05) is 57.2 Å². The molecule has 0 saturated carbocycles. The average molecular weight is 500 g/mol. The van der Waals surface area contributed by atoms with Crippen LogP contribution in [0.3, 0.4) is 0 Å². The van der Waals surface area contributed by atoms with Crippen LogP contribution in [0.15, 0.2) is 72.8 Å². The van der Waals surface area contributed by atoms with Crippen molar-refractivity contribution in [3.05, 3.63) is 105 Å². The van der Waals surface area contributed by atoms with Crippen LogP contribution < -0.4 is 14.2 Å². The molecule has 4 aromatic rings. The fourth-order valence-corrected chi connectivity index (χ4v) is 3.85. The number of hydrogen-bond acceptors (Lipinski definition) is 3. The van der Waals surface area contributed by atoms with Crippen molar-refractivity contribution in [1.82, 2.24) is 0 Å². The van der Waals surface area contributed by atoms with E-state index in [0.29, 0.717) is 49.6 Å². The van der Waals surface area contributed by atoms with Crippen LogP contribution in [0.4, 0.5) is 0 Å². The molecule has 0 atom stereocenters. The summed E-state index contributed by atoms with van der Waals surface area (Å²) in [5.41, 5.74) is 2.54. The summed E-state index contributed by atoms with van der Waals surface area (Å²) in [4.78, 5) is 0. The third-order valence-corrected chi connectivity index (χ3v) is 5.90. The summed E-state index contributed by atoms with van der Waals surface area (Å²) >= 11 is 18.1. The van der Waals surface area contributed by atoms with Crippen molar-refractivity contribution >= 4 is 34.8 Å². The summed E-state index contributed by atoms with van der Waals surface area (Å²) < 4.78 is 18.9. The molecule has 0 heterocycles. The lowest BCUT2D eigenvalue weighted by molar-refractivity contribution is 0.425. The molecule has 0 aliphatic heterocycles. The summed E-state index contributed by atoms with van der Waals surface area (Å²) in [5.74, 6) is 3.92. The molecule has 3 nitrogen and oxygen atoms in total. The molecule has 4 rings (SSSR count). The minimum Gasteiger partial charge on any atom is -0.457 e. The van der Waals surface area contributed by atoms with E-state index in [1.165, 1.54) is 0 Å². The fraction of sp³-hybridized carbons (Fsp3) is 0.111. The molecule has 0 N–H and O–H groups in total. The molecule has 4 aromatic carbocycles. The van der Waals surface area contributed by atoms with Crippen LogP contribution in [0.5, 0.6) is 34.5 Å². The Hall–Kier alpha value is -2.85. The van der Waals surface area contributed by atoms with Crippen molar-refractivity contribution in [3.8, 4) is 34.5 Å². The van der Waals surface area contributed by atoms with Gasteiger partial charge in [0.05, 0.1) is 0 Å². The third-order valence-electron chi connectivity index (χ3n) is 5.14. The van der Waals surface area contributed by atoms with Gasteiger partial charge in [-0.25, -0.2) is 0 Å². The molecule has 6 heteroatoms. The summed E-state index contributed by atoms with van der Waals surface area (Å²) in [6.07, 6.45) is 0. The van der Waals surface area contributed by atoms with Gasteiger partial charge in [-0.15, -0.1) is 0 Å². The summed E-state index contributed by atoms with van der Waals surface area (Å²) in [5, 5.41) is 1.91. The Balaban J connectivity index is 1.82. The fourth-order valence-electron chi connectivity index (χ4n) is 3.47. The largest absolute Gasteiger partial charge is 0.457 e. The predicted octanol–water partition coefficient (Wildman–Crippen LogP) is 9.95. The van der Waals surface area contributed by atoms with Gasteiger partial charge in [-0.3, -0.25) is 0 Å². The van der Waals surface area contributed by atoms with Crippen molar-refractivity contribution < 1.29 is 14.2 Å². The molecule has 0 bridgehead atoms. The standard InChI is InChI=1S/C27H21Cl3O3/c1-16-25(31-22-10-4-19(28)5-11-22)17(2)27(33-24-14-8-21(30)9-15-24)18(3)26(16)32-23-12-6-20(29)7-13-23/h4-15H,1-3H3. The lowest BCUT2D eigenvalue weighted by Gasteiger charge is -2.22. The van der Waals surface area contributed by atoms with Crippen LogP contribution in [0.1, 0.15) is 16.7 Å². The van der Waals surface area contributed by atoms with Crippen molar-refractivity contribution in [2.45, 2.75) is 20.8 Å². The third kappa shape index (κ3) is 5.39. The summed E-state index contributed by atoms with van der Waals surface area (Å²) in [7, 11) is 0. The topological polar surface area (TPSA) is 27.7 Å². The molecule has 0 amide bonds.